The second-order valence-electron chi connectivity index (χ2n) is 5.63. The smallest absolute Gasteiger partial charge is 0.272 e. The zero-order valence-electron chi connectivity index (χ0n) is 12.4. The minimum Gasteiger partial charge on any atom is -0.348 e. The predicted octanol–water partition coefficient (Wildman–Crippen LogP) is 2.18. The van der Waals surface area contributed by atoms with E-state index in [0.29, 0.717) is 12.2 Å². The molecule has 0 fully saturated rings. The Morgan fingerprint density at radius 1 is 1.45 bits per heavy atom. The molecule has 3 rings (SSSR count). The highest BCUT2D eigenvalue weighted by Crippen LogP contribution is 2.18. The van der Waals surface area contributed by atoms with Crippen molar-refractivity contribution in [2.24, 2.45) is 0 Å². The first-order valence-corrected chi connectivity index (χ1v) is 8.25. The fourth-order valence-electron chi connectivity index (χ4n) is 2.75. The van der Waals surface area contributed by atoms with Crippen LogP contribution >= 0.6 is 15.9 Å². The molecule has 22 heavy (non-hydrogen) atoms. The van der Waals surface area contributed by atoms with Gasteiger partial charge in [0, 0.05) is 41.3 Å². The Kier molecular flexibility index (Phi) is 4.59. The monoisotopic (exact) mass is 362 g/mol. The van der Waals surface area contributed by atoms with E-state index in [4.69, 9.17) is 0 Å². The lowest BCUT2D eigenvalue weighted by molar-refractivity contribution is 0.0934. The van der Waals surface area contributed by atoms with E-state index < -0.39 is 0 Å². The normalized spacial score (nSPS) is 15.2. The number of hydrogen-bond acceptors (Lipinski definition) is 3. The van der Waals surface area contributed by atoms with Gasteiger partial charge in [-0.25, -0.2) is 0 Å². The molecule has 1 aromatic heterocycles. The fraction of sp³-hybridized carbons (Fsp3) is 0.375. The molecule has 1 atom stereocenters. The van der Waals surface area contributed by atoms with Gasteiger partial charge in [-0.05, 0) is 25.0 Å². The molecule has 0 bridgehead atoms. The van der Waals surface area contributed by atoms with Gasteiger partial charge >= 0.3 is 0 Å². The molecule has 0 saturated heterocycles. The highest BCUT2D eigenvalue weighted by Gasteiger charge is 2.22. The van der Waals surface area contributed by atoms with Crippen LogP contribution in [0.2, 0.25) is 0 Å². The third kappa shape index (κ3) is 3.23. The van der Waals surface area contributed by atoms with Gasteiger partial charge in [-0.2, -0.15) is 5.10 Å². The summed E-state index contributed by atoms with van der Waals surface area (Å²) >= 11 is 3.54. The second kappa shape index (κ2) is 6.62. The summed E-state index contributed by atoms with van der Waals surface area (Å²) in [5, 5.41) is 13.5. The summed E-state index contributed by atoms with van der Waals surface area (Å²) in [6.07, 6.45) is 1.67. The number of hydrogen-bond donors (Lipinski definition) is 3. The average Bonchev–Trinajstić information content (AvgIpc) is 2.93. The molecule has 3 N–H and O–H groups in total. The molecule has 0 spiro atoms. The first-order chi connectivity index (χ1) is 10.6. The summed E-state index contributed by atoms with van der Waals surface area (Å²) in [5.41, 5.74) is 3.77. The summed E-state index contributed by atoms with van der Waals surface area (Å²) in [6.45, 7) is 3.64. The summed E-state index contributed by atoms with van der Waals surface area (Å²) < 4.78 is 1.07. The van der Waals surface area contributed by atoms with Crippen molar-refractivity contribution in [3.63, 3.8) is 0 Å². The third-order valence-corrected chi connectivity index (χ3v) is 4.66. The van der Waals surface area contributed by atoms with Crippen LogP contribution in [-0.4, -0.2) is 28.7 Å². The fourth-order valence-corrected chi connectivity index (χ4v) is 3.20. The minimum absolute atomic E-state index is 0.0371. The molecule has 1 aliphatic rings. The van der Waals surface area contributed by atoms with Gasteiger partial charge < -0.3 is 10.6 Å². The molecular weight excluding hydrogens is 344 g/mol. The van der Waals surface area contributed by atoms with E-state index in [-0.39, 0.29) is 11.9 Å². The van der Waals surface area contributed by atoms with Crippen LogP contribution in [0.4, 0.5) is 0 Å². The quantitative estimate of drug-likeness (QED) is 0.780. The number of carbonyl (C=O) groups excluding carboxylic acids is 1. The Morgan fingerprint density at radius 3 is 3.09 bits per heavy atom. The molecule has 2 heterocycles. The maximum absolute atomic E-state index is 12.4. The highest BCUT2D eigenvalue weighted by atomic mass is 79.9. The molecule has 1 aliphatic heterocycles. The SMILES string of the molecule is CC(Cc1ccccc1Br)NC(=O)c1n[nH]c2c1CNCC2. The summed E-state index contributed by atoms with van der Waals surface area (Å²) in [4.78, 5) is 12.4. The third-order valence-electron chi connectivity index (χ3n) is 3.88. The minimum atomic E-state index is -0.110. The molecule has 2 aromatic rings. The van der Waals surface area contributed by atoms with Crippen molar-refractivity contribution in [2.75, 3.05) is 6.54 Å². The number of nitrogens with one attached hydrogen (secondary N) is 3. The van der Waals surface area contributed by atoms with Crippen LogP contribution in [0.3, 0.4) is 0 Å². The predicted molar refractivity (Wildman–Crippen MR) is 88.8 cm³/mol. The molecule has 1 unspecified atom stereocenters. The van der Waals surface area contributed by atoms with Gasteiger partial charge in [-0.3, -0.25) is 9.89 Å². The van der Waals surface area contributed by atoms with Gasteiger partial charge in [-0.15, -0.1) is 0 Å². The Bertz CT molecular complexity index is 683. The van der Waals surface area contributed by atoms with Crippen LogP contribution in [-0.2, 0) is 19.4 Å². The van der Waals surface area contributed by atoms with Crippen molar-refractivity contribution in [1.29, 1.82) is 0 Å². The Balaban J connectivity index is 1.66. The molecule has 6 heteroatoms. The lowest BCUT2D eigenvalue weighted by Gasteiger charge is -2.16. The average molecular weight is 363 g/mol. The van der Waals surface area contributed by atoms with Gasteiger partial charge in [0.1, 0.15) is 0 Å². The van der Waals surface area contributed by atoms with Gasteiger partial charge in [0.05, 0.1) is 0 Å². The summed E-state index contributed by atoms with van der Waals surface area (Å²) in [6, 6.07) is 8.10. The van der Waals surface area contributed by atoms with E-state index in [1.807, 2.05) is 25.1 Å². The second-order valence-corrected chi connectivity index (χ2v) is 6.48. The van der Waals surface area contributed by atoms with E-state index in [1.54, 1.807) is 0 Å². The summed E-state index contributed by atoms with van der Waals surface area (Å²) in [7, 11) is 0. The number of aromatic amines is 1. The Labute approximate surface area is 138 Å². The lowest BCUT2D eigenvalue weighted by atomic mass is 10.1. The van der Waals surface area contributed by atoms with Crippen LogP contribution in [0.15, 0.2) is 28.7 Å². The van der Waals surface area contributed by atoms with Crippen LogP contribution in [0.25, 0.3) is 0 Å². The number of rotatable bonds is 4. The van der Waals surface area contributed by atoms with E-state index in [0.717, 1.165) is 35.1 Å². The largest absolute Gasteiger partial charge is 0.348 e. The van der Waals surface area contributed by atoms with E-state index >= 15 is 0 Å². The molecule has 5 nitrogen and oxygen atoms in total. The van der Waals surface area contributed by atoms with Crippen molar-refractivity contribution in [3.05, 3.63) is 51.3 Å². The van der Waals surface area contributed by atoms with E-state index in [9.17, 15) is 4.79 Å². The van der Waals surface area contributed by atoms with Crippen LogP contribution in [0.5, 0.6) is 0 Å². The van der Waals surface area contributed by atoms with Crippen molar-refractivity contribution < 1.29 is 4.79 Å². The number of H-pyrrole nitrogens is 1. The summed E-state index contributed by atoms with van der Waals surface area (Å²) in [5.74, 6) is -0.110. The molecule has 0 aliphatic carbocycles. The van der Waals surface area contributed by atoms with Gasteiger partial charge in [0.25, 0.3) is 5.91 Å². The van der Waals surface area contributed by atoms with Gasteiger partial charge in [0.2, 0.25) is 0 Å². The van der Waals surface area contributed by atoms with Crippen molar-refractivity contribution in [2.45, 2.75) is 32.4 Å². The highest BCUT2D eigenvalue weighted by molar-refractivity contribution is 9.10. The number of aromatic nitrogens is 2. The van der Waals surface area contributed by atoms with Crippen molar-refractivity contribution in [3.8, 4) is 0 Å². The first kappa shape index (κ1) is 15.2. The van der Waals surface area contributed by atoms with Crippen molar-refractivity contribution >= 4 is 21.8 Å². The zero-order valence-corrected chi connectivity index (χ0v) is 14.0. The maximum atomic E-state index is 12.4. The zero-order chi connectivity index (χ0) is 15.5. The standard InChI is InChI=1S/C16H19BrN4O/c1-10(8-11-4-2-3-5-13(11)17)19-16(22)15-12-9-18-7-6-14(12)20-21-15/h2-5,10,18H,6-9H2,1H3,(H,19,22)(H,20,21). The van der Waals surface area contributed by atoms with E-state index in [2.05, 4.69) is 42.8 Å². The van der Waals surface area contributed by atoms with Crippen LogP contribution in [0, 0.1) is 0 Å². The molecule has 1 aromatic carbocycles. The number of carbonyl (C=O) groups is 1. The molecule has 0 radical (unpaired) electrons. The number of halogens is 1. The number of fused-ring (bicyclic) bond motifs is 1. The van der Waals surface area contributed by atoms with Gasteiger partial charge in [0.15, 0.2) is 5.69 Å². The Morgan fingerprint density at radius 2 is 2.27 bits per heavy atom. The molecule has 116 valence electrons. The lowest BCUT2D eigenvalue weighted by Crippen LogP contribution is -2.35. The van der Waals surface area contributed by atoms with Crippen molar-refractivity contribution in [1.82, 2.24) is 20.8 Å². The Hall–Kier alpha value is -1.66. The molecule has 1 amide bonds. The van der Waals surface area contributed by atoms with Gasteiger partial charge in [-0.1, -0.05) is 34.1 Å². The molecule has 0 saturated carbocycles. The first-order valence-electron chi connectivity index (χ1n) is 7.46. The topological polar surface area (TPSA) is 69.8 Å². The van der Waals surface area contributed by atoms with Crippen LogP contribution in [0.1, 0.15) is 34.2 Å². The van der Waals surface area contributed by atoms with Crippen LogP contribution < -0.4 is 10.6 Å². The number of nitrogens with zero attached hydrogens (tertiary/aromatic N) is 1. The maximum Gasteiger partial charge on any atom is 0.272 e. The molecular formula is C16H19BrN4O. The number of benzene rings is 1. The number of amides is 1. The van der Waals surface area contributed by atoms with E-state index in [1.165, 1.54) is 5.56 Å².